The van der Waals surface area contributed by atoms with Crippen molar-refractivity contribution in [3.63, 3.8) is 0 Å². The number of nitrogens with zero attached hydrogens (tertiary/aromatic N) is 6. The molecule has 8 nitrogen and oxygen atoms in total. The number of fused-ring (bicyclic) bond motifs is 2. The van der Waals surface area contributed by atoms with E-state index in [1.165, 1.54) is 11.3 Å². The molecule has 2 N–H and O–H groups in total. The van der Waals surface area contributed by atoms with Gasteiger partial charge in [0.25, 0.3) is 0 Å². The number of allylic oxidation sites excluding steroid dienone is 1. The monoisotopic (exact) mass is 400 g/mol. The van der Waals surface area contributed by atoms with Gasteiger partial charge in [0.15, 0.2) is 5.65 Å². The highest BCUT2D eigenvalue weighted by Crippen LogP contribution is 2.32. The van der Waals surface area contributed by atoms with Gasteiger partial charge >= 0.3 is 0 Å². The molecule has 0 radical (unpaired) electrons. The lowest BCUT2D eigenvalue weighted by atomic mass is 9.88. The quantitative estimate of drug-likeness (QED) is 0.535. The van der Waals surface area contributed by atoms with E-state index < -0.39 is 0 Å². The Kier molecular flexibility index (Phi) is 4.27. The molecule has 1 aromatic carbocycles. The van der Waals surface area contributed by atoms with Gasteiger partial charge in [-0.2, -0.15) is 10.1 Å². The van der Waals surface area contributed by atoms with Crippen molar-refractivity contribution in [2.45, 2.75) is 25.4 Å². The first-order valence-corrected chi connectivity index (χ1v) is 9.94. The normalized spacial score (nSPS) is 17.8. The second-order valence-corrected chi connectivity index (χ2v) is 8.10. The minimum atomic E-state index is -0.276. The van der Waals surface area contributed by atoms with Crippen molar-refractivity contribution in [2.75, 3.05) is 24.3 Å². The van der Waals surface area contributed by atoms with Crippen molar-refractivity contribution < 1.29 is 0 Å². The second kappa shape index (κ2) is 6.98. The van der Waals surface area contributed by atoms with Crippen LogP contribution in [0.2, 0.25) is 0 Å². The summed E-state index contributed by atoms with van der Waals surface area (Å²) < 4.78 is 2.11. The molecule has 4 aromatic rings. The molecule has 0 saturated heterocycles. The van der Waals surface area contributed by atoms with Gasteiger partial charge in [-0.05, 0) is 24.6 Å². The summed E-state index contributed by atoms with van der Waals surface area (Å²) >= 11 is 0. The molecule has 8 heteroatoms. The topological polar surface area (TPSA) is 87.5 Å². The fourth-order valence-electron chi connectivity index (χ4n) is 3.82. The van der Waals surface area contributed by atoms with E-state index in [4.69, 9.17) is 4.98 Å². The predicted molar refractivity (Wildman–Crippen MR) is 118 cm³/mol. The molecule has 0 saturated carbocycles. The Labute approximate surface area is 174 Å². The van der Waals surface area contributed by atoms with Crippen LogP contribution in [-0.2, 0) is 18.5 Å². The lowest BCUT2D eigenvalue weighted by Gasteiger charge is -2.30. The standard InChI is InChI=1S/C22H24N8/c1-22(9-8-16-12-26-28-18(16)10-22)30-14-25-19-13-24-21(27-20(19)30)23-11-15-4-6-17(7-5-15)29(2)3/h4-9,12-14H,10-11H2,1-3H3,(H,26,28)(H,23,24,27). The molecule has 152 valence electrons. The third kappa shape index (κ3) is 3.20. The highest BCUT2D eigenvalue weighted by atomic mass is 15.2. The van der Waals surface area contributed by atoms with E-state index >= 15 is 0 Å². The molecule has 1 atom stereocenters. The van der Waals surface area contributed by atoms with Crippen LogP contribution in [-0.4, -0.2) is 43.8 Å². The van der Waals surface area contributed by atoms with Gasteiger partial charge in [-0.25, -0.2) is 9.97 Å². The van der Waals surface area contributed by atoms with Gasteiger partial charge in [0, 0.05) is 44.0 Å². The smallest absolute Gasteiger partial charge is 0.225 e. The Bertz CT molecular complexity index is 1220. The van der Waals surface area contributed by atoms with E-state index in [9.17, 15) is 0 Å². The van der Waals surface area contributed by atoms with Gasteiger partial charge in [0.05, 0.1) is 24.3 Å². The Morgan fingerprint density at radius 2 is 2.00 bits per heavy atom. The van der Waals surface area contributed by atoms with E-state index in [1.807, 2.05) is 26.6 Å². The summed E-state index contributed by atoms with van der Waals surface area (Å²) in [5, 5.41) is 10.6. The molecule has 0 bridgehead atoms. The molecule has 1 aliphatic carbocycles. The number of aromatic nitrogens is 6. The van der Waals surface area contributed by atoms with Crippen LogP contribution in [0.1, 0.15) is 23.7 Å². The van der Waals surface area contributed by atoms with Crippen molar-refractivity contribution in [3.8, 4) is 0 Å². The predicted octanol–water partition coefficient (Wildman–Crippen LogP) is 3.21. The molecular weight excluding hydrogens is 376 g/mol. The van der Waals surface area contributed by atoms with Crippen molar-refractivity contribution in [3.05, 3.63) is 65.9 Å². The largest absolute Gasteiger partial charge is 0.378 e. The Morgan fingerprint density at radius 1 is 1.17 bits per heavy atom. The Morgan fingerprint density at radius 3 is 2.80 bits per heavy atom. The summed E-state index contributed by atoms with van der Waals surface area (Å²) in [5.74, 6) is 0.589. The van der Waals surface area contributed by atoms with Crippen LogP contribution in [0.5, 0.6) is 0 Å². The number of hydrogen-bond acceptors (Lipinski definition) is 6. The van der Waals surface area contributed by atoms with Crippen LogP contribution >= 0.6 is 0 Å². The van der Waals surface area contributed by atoms with Gasteiger partial charge < -0.3 is 14.8 Å². The maximum atomic E-state index is 4.77. The first kappa shape index (κ1) is 18.4. The highest BCUT2D eigenvalue weighted by Gasteiger charge is 2.30. The molecule has 0 amide bonds. The third-order valence-corrected chi connectivity index (χ3v) is 5.65. The number of hydrogen-bond donors (Lipinski definition) is 2. The lowest BCUT2D eigenvalue weighted by molar-refractivity contribution is 0.409. The summed E-state index contributed by atoms with van der Waals surface area (Å²) in [6.45, 7) is 2.83. The minimum Gasteiger partial charge on any atom is -0.378 e. The number of aromatic amines is 1. The average molecular weight is 400 g/mol. The van der Waals surface area contributed by atoms with Gasteiger partial charge in [-0.1, -0.05) is 24.3 Å². The first-order valence-electron chi connectivity index (χ1n) is 9.94. The van der Waals surface area contributed by atoms with Crippen LogP contribution in [0.4, 0.5) is 11.6 Å². The van der Waals surface area contributed by atoms with Gasteiger partial charge in [0.1, 0.15) is 5.52 Å². The zero-order chi connectivity index (χ0) is 20.7. The molecule has 1 unspecified atom stereocenters. The average Bonchev–Trinajstić information content (AvgIpc) is 3.38. The van der Waals surface area contributed by atoms with Crippen molar-refractivity contribution in [2.24, 2.45) is 0 Å². The summed E-state index contributed by atoms with van der Waals surface area (Å²) in [6.07, 6.45) is 10.6. The third-order valence-electron chi connectivity index (χ3n) is 5.65. The van der Waals surface area contributed by atoms with Crippen molar-refractivity contribution in [1.82, 2.24) is 29.7 Å². The maximum absolute atomic E-state index is 4.77. The molecule has 5 rings (SSSR count). The SMILES string of the molecule is CN(C)c1ccc(CNc2ncc3ncn(C4(C)C=Cc5cn[nH]c5C4)c3n2)cc1. The van der Waals surface area contributed by atoms with E-state index in [-0.39, 0.29) is 5.54 Å². The molecule has 30 heavy (non-hydrogen) atoms. The highest BCUT2D eigenvalue weighted by molar-refractivity contribution is 5.72. The van der Waals surface area contributed by atoms with E-state index in [2.05, 4.69) is 78.3 Å². The van der Waals surface area contributed by atoms with Crippen LogP contribution in [0.3, 0.4) is 0 Å². The van der Waals surface area contributed by atoms with Crippen LogP contribution in [0, 0.1) is 0 Å². The van der Waals surface area contributed by atoms with E-state index in [1.54, 1.807) is 6.20 Å². The van der Waals surface area contributed by atoms with Crippen LogP contribution < -0.4 is 10.2 Å². The molecule has 3 heterocycles. The van der Waals surface area contributed by atoms with Crippen molar-refractivity contribution in [1.29, 1.82) is 0 Å². The minimum absolute atomic E-state index is 0.276. The number of rotatable bonds is 5. The Balaban J connectivity index is 1.39. The number of H-pyrrole nitrogens is 1. The zero-order valence-electron chi connectivity index (χ0n) is 17.3. The van der Waals surface area contributed by atoms with E-state index in [0.717, 1.165) is 28.8 Å². The van der Waals surface area contributed by atoms with Gasteiger partial charge in [-0.3, -0.25) is 5.10 Å². The van der Waals surface area contributed by atoms with Gasteiger partial charge in [0.2, 0.25) is 5.95 Å². The zero-order valence-corrected chi connectivity index (χ0v) is 17.3. The fourth-order valence-corrected chi connectivity index (χ4v) is 3.82. The molecule has 0 aliphatic heterocycles. The summed E-state index contributed by atoms with van der Waals surface area (Å²) in [4.78, 5) is 15.8. The van der Waals surface area contributed by atoms with Crippen LogP contribution in [0.25, 0.3) is 17.2 Å². The molecule has 0 spiro atoms. The molecule has 3 aromatic heterocycles. The number of imidazole rings is 1. The summed E-state index contributed by atoms with van der Waals surface area (Å²) in [7, 11) is 4.07. The van der Waals surface area contributed by atoms with Gasteiger partial charge in [-0.15, -0.1) is 0 Å². The molecule has 1 aliphatic rings. The molecular formula is C22H24N8. The second-order valence-electron chi connectivity index (χ2n) is 8.10. The number of anilines is 2. The molecule has 0 fully saturated rings. The maximum Gasteiger partial charge on any atom is 0.225 e. The summed E-state index contributed by atoms with van der Waals surface area (Å²) in [5.41, 5.74) is 5.92. The number of benzene rings is 1. The number of nitrogens with one attached hydrogen (secondary N) is 2. The lowest BCUT2D eigenvalue weighted by Crippen LogP contribution is -2.32. The summed E-state index contributed by atoms with van der Waals surface area (Å²) in [6, 6.07) is 8.44. The van der Waals surface area contributed by atoms with Crippen molar-refractivity contribution >= 4 is 28.9 Å². The first-order chi connectivity index (χ1) is 14.5. The Hall–Kier alpha value is -3.68. The fraction of sp³-hybridized carbons (Fsp3) is 0.273. The van der Waals surface area contributed by atoms with E-state index in [0.29, 0.717) is 12.5 Å². The van der Waals surface area contributed by atoms with Crippen LogP contribution in [0.15, 0.2) is 49.1 Å².